The molecule has 0 aliphatic carbocycles. The molecule has 0 aliphatic rings. The number of para-hydroxylation sites is 1. The molecule has 0 spiro atoms. The number of esters is 1. The first-order valence-corrected chi connectivity index (χ1v) is 5.53. The number of ether oxygens (including phenoxy) is 1. The van der Waals surface area contributed by atoms with Gasteiger partial charge in [0.1, 0.15) is 11.3 Å². The van der Waals surface area contributed by atoms with Crippen molar-refractivity contribution < 1.29 is 14.3 Å². The summed E-state index contributed by atoms with van der Waals surface area (Å²) in [5.41, 5.74) is 1.09. The fraction of sp³-hybridized carbons (Fsp3) is 0.154. The molecular formula is C13H12N2O3. The Hall–Kier alpha value is -2.43. The maximum Gasteiger partial charge on any atom is 0.342 e. The van der Waals surface area contributed by atoms with Gasteiger partial charge in [-0.15, -0.1) is 0 Å². The van der Waals surface area contributed by atoms with Crippen molar-refractivity contribution in [3.05, 3.63) is 47.8 Å². The minimum absolute atomic E-state index is 0.177. The number of benzene rings is 1. The molecular weight excluding hydrogens is 232 g/mol. The van der Waals surface area contributed by atoms with Crippen molar-refractivity contribution in [1.82, 2.24) is 9.78 Å². The average Bonchev–Trinajstić information content (AvgIpc) is 2.83. The van der Waals surface area contributed by atoms with E-state index in [0.717, 1.165) is 5.69 Å². The molecule has 5 heteroatoms. The number of carbonyl (C=O) groups is 2. The molecule has 92 valence electrons. The molecule has 0 atom stereocenters. The van der Waals surface area contributed by atoms with Crippen LogP contribution in [-0.2, 0) is 4.74 Å². The number of carbonyl (C=O) groups excluding carboxylic acids is 2. The number of nitrogens with zero attached hydrogens (tertiary/aromatic N) is 2. The summed E-state index contributed by atoms with van der Waals surface area (Å²) in [7, 11) is 0. The molecule has 5 nitrogen and oxygen atoms in total. The van der Waals surface area contributed by atoms with Crippen LogP contribution in [0.2, 0.25) is 0 Å². The second-order valence-electron chi connectivity index (χ2n) is 3.53. The largest absolute Gasteiger partial charge is 0.462 e. The standard InChI is InChI=1S/C13H12N2O3/c1-2-18-13(17)11-8-14-15(12(11)9-16)10-6-4-3-5-7-10/h3-9H,2H2,1H3. The summed E-state index contributed by atoms with van der Waals surface area (Å²) < 4.78 is 6.28. The van der Waals surface area contributed by atoms with Crippen molar-refractivity contribution in [2.75, 3.05) is 6.61 Å². The number of hydrogen-bond donors (Lipinski definition) is 0. The van der Waals surface area contributed by atoms with Crippen molar-refractivity contribution in [1.29, 1.82) is 0 Å². The molecule has 2 rings (SSSR count). The lowest BCUT2D eigenvalue weighted by Gasteiger charge is -2.04. The third kappa shape index (κ3) is 2.15. The highest BCUT2D eigenvalue weighted by Gasteiger charge is 2.18. The maximum atomic E-state index is 11.6. The van der Waals surface area contributed by atoms with Crippen LogP contribution in [0.15, 0.2) is 36.5 Å². The fourth-order valence-corrected chi connectivity index (χ4v) is 1.61. The van der Waals surface area contributed by atoms with Crippen molar-refractivity contribution in [3.8, 4) is 5.69 Å². The Kier molecular flexibility index (Phi) is 3.52. The normalized spacial score (nSPS) is 10.1. The zero-order valence-corrected chi connectivity index (χ0v) is 9.87. The second kappa shape index (κ2) is 5.27. The zero-order valence-electron chi connectivity index (χ0n) is 9.87. The van der Waals surface area contributed by atoms with E-state index in [-0.39, 0.29) is 17.9 Å². The summed E-state index contributed by atoms with van der Waals surface area (Å²) in [4.78, 5) is 22.8. The van der Waals surface area contributed by atoms with Crippen LogP contribution in [0.5, 0.6) is 0 Å². The van der Waals surface area contributed by atoms with E-state index in [1.54, 1.807) is 19.1 Å². The van der Waals surface area contributed by atoms with E-state index < -0.39 is 5.97 Å². The highest BCUT2D eigenvalue weighted by atomic mass is 16.5. The Morgan fingerprint density at radius 3 is 2.72 bits per heavy atom. The van der Waals surface area contributed by atoms with Crippen LogP contribution in [0, 0.1) is 0 Å². The van der Waals surface area contributed by atoms with Crippen molar-refractivity contribution in [3.63, 3.8) is 0 Å². The summed E-state index contributed by atoms with van der Waals surface area (Å²) in [6.07, 6.45) is 1.95. The summed E-state index contributed by atoms with van der Waals surface area (Å²) in [5, 5.41) is 4.05. The number of aromatic nitrogens is 2. The van der Waals surface area contributed by atoms with E-state index in [4.69, 9.17) is 4.74 Å². The third-order valence-electron chi connectivity index (χ3n) is 2.41. The molecule has 0 fully saturated rings. The van der Waals surface area contributed by atoms with Crippen LogP contribution in [0.25, 0.3) is 5.69 Å². The van der Waals surface area contributed by atoms with Crippen LogP contribution < -0.4 is 0 Å². The van der Waals surface area contributed by atoms with Crippen LogP contribution in [-0.4, -0.2) is 28.6 Å². The summed E-state index contributed by atoms with van der Waals surface area (Å²) in [6.45, 7) is 1.97. The molecule has 0 unspecified atom stereocenters. The highest BCUT2D eigenvalue weighted by molar-refractivity contribution is 5.97. The Morgan fingerprint density at radius 2 is 2.11 bits per heavy atom. The molecule has 0 amide bonds. The van der Waals surface area contributed by atoms with Crippen LogP contribution in [0.4, 0.5) is 0 Å². The van der Waals surface area contributed by atoms with Crippen molar-refractivity contribution in [2.45, 2.75) is 6.92 Å². The van der Waals surface area contributed by atoms with Crippen LogP contribution >= 0.6 is 0 Å². The maximum absolute atomic E-state index is 11.6. The van der Waals surface area contributed by atoms with Gasteiger partial charge >= 0.3 is 5.97 Å². The number of aldehydes is 1. The minimum Gasteiger partial charge on any atom is -0.462 e. The molecule has 0 saturated heterocycles. The molecule has 0 saturated carbocycles. The summed E-state index contributed by atoms with van der Waals surface area (Å²) in [5.74, 6) is -0.540. The summed E-state index contributed by atoms with van der Waals surface area (Å²) in [6, 6.07) is 9.12. The van der Waals surface area contributed by atoms with Crippen LogP contribution in [0.1, 0.15) is 27.8 Å². The smallest absolute Gasteiger partial charge is 0.342 e. The van der Waals surface area contributed by atoms with Gasteiger partial charge in [0.15, 0.2) is 6.29 Å². The van der Waals surface area contributed by atoms with Gasteiger partial charge in [-0.3, -0.25) is 4.79 Å². The lowest BCUT2D eigenvalue weighted by Crippen LogP contribution is -2.09. The van der Waals surface area contributed by atoms with Gasteiger partial charge in [-0.1, -0.05) is 18.2 Å². The molecule has 0 bridgehead atoms. The predicted molar refractivity (Wildman–Crippen MR) is 64.9 cm³/mol. The van der Waals surface area contributed by atoms with E-state index in [2.05, 4.69) is 5.10 Å². The van der Waals surface area contributed by atoms with E-state index in [9.17, 15) is 9.59 Å². The van der Waals surface area contributed by atoms with E-state index >= 15 is 0 Å². The molecule has 0 aliphatic heterocycles. The highest BCUT2D eigenvalue weighted by Crippen LogP contribution is 2.14. The molecule has 1 heterocycles. The fourth-order valence-electron chi connectivity index (χ4n) is 1.61. The van der Waals surface area contributed by atoms with Gasteiger partial charge in [-0.05, 0) is 19.1 Å². The van der Waals surface area contributed by atoms with E-state index in [0.29, 0.717) is 6.29 Å². The Labute approximate surface area is 104 Å². The SMILES string of the molecule is CCOC(=O)c1cnn(-c2ccccc2)c1C=O. The molecule has 1 aromatic heterocycles. The number of rotatable bonds is 4. The van der Waals surface area contributed by atoms with Gasteiger partial charge in [-0.2, -0.15) is 5.10 Å². The molecule has 0 N–H and O–H groups in total. The van der Waals surface area contributed by atoms with Gasteiger partial charge in [-0.25, -0.2) is 9.48 Å². The second-order valence-corrected chi connectivity index (χ2v) is 3.53. The van der Waals surface area contributed by atoms with Gasteiger partial charge in [0.05, 0.1) is 18.5 Å². The topological polar surface area (TPSA) is 61.2 Å². The van der Waals surface area contributed by atoms with Gasteiger partial charge in [0, 0.05) is 0 Å². The monoisotopic (exact) mass is 244 g/mol. The lowest BCUT2D eigenvalue weighted by atomic mass is 10.2. The summed E-state index contributed by atoms with van der Waals surface area (Å²) >= 11 is 0. The quantitative estimate of drug-likeness (QED) is 0.608. The Bertz CT molecular complexity index is 561. The number of hydrogen-bond acceptors (Lipinski definition) is 4. The first kappa shape index (κ1) is 12.0. The zero-order chi connectivity index (χ0) is 13.0. The minimum atomic E-state index is -0.540. The first-order valence-electron chi connectivity index (χ1n) is 5.53. The Balaban J connectivity index is 2.46. The average molecular weight is 244 g/mol. The third-order valence-corrected chi connectivity index (χ3v) is 2.41. The molecule has 18 heavy (non-hydrogen) atoms. The lowest BCUT2D eigenvalue weighted by molar-refractivity contribution is 0.0524. The molecule has 1 aromatic carbocycles. The molecule has 0 radical (unpaired) electrons. The first-order chi connectivity index (χ1) is 8.77. The predicted octanol–water partition coefficient (Wildman–Crippen LogP) is 1.86. The van der Waals surface area contributed by atoms with E-state index in [1.807, 2.05) is 18.2 Å². The van der Waals surface area contributed by atoms with Crippen molar-refractivity contribution in [2.24, 2.45) is 0 Å². The van der Waals surface area contributed by atoms with E-state index in [1.165, 1.54) is 10.9 Å². The Morgan fingerprint density at radius 1 is 1.39 bits per heavy atom. The molecule has 2 aromatic rings. The van der Waals surface area contributed by atoms with Gasteiger partial charge in [0.25, 0.3) is 0 Å². The van der Waals surface area contributed by atoms with Gasteiger partial charge in [0.2, 0.25) is 0 Å². The van der Waals surface area contributed by atoms with Crippen molar-refractivity contribution >= 4 is 12.3 Å². The van der Waals surface area contributed by atoms with Gasteiger partial charge < -0.3 is 4.74 Å². The van der Waals surface area contributed by atoms with Crippen LogP contribution in [0.3, 0.4) is 0 Å².